The third kappa shape index (κ3) is 1.60. The van der Waals surface area contributed by atoms with Gasteiger partial charge in [0.1, 0.15) is 5.41 Å². The minimum atomic E-state index is -1.15. The Balaban J connectivity index is 2.55. The highest BCUT2D eigenvalue weighted by Gasteiger charge is 2.12. The van der Waals surface area contributed by atoms with Gasteiger partial charge in [0.25, 0.3) is 0 Å². The third-order valence-electron chi connectivity index (χ3n) is 1.60. The molecule has 2 aromatic rings. The molecule has 2 rings (SSSR count). The van der Waals surface area contributed by atoms with Crippen LogP contribution in [0.4, 0.5) is 0 Å². The van der Waals surface area contributed by atoms with Gasteiger partial charge < -0.3 is 4.55 Å². The van der Waals surface area contributed by atoms with Crippen molar-refractivity contribution in [2.45, 2.75) is 4.34 Å². The maximum Gasteiger partial charge on any atom is 0.307 e. The van der Waals surface area contributed by atoms with E-state index in [-0.39, 0.29) is 0 Å². The van der Waals surface area contributed by atoms with Crippen LogP contribution in [-0.4, -0.2) is 9.54 Å². The number of thiazole rings is 1. The molecule has 2 nitrogen and oxygen atoms in total. The van der Waals surface area contributed by atoms with Crippen LogP contribution in [0.25, 0.3) is 10.2 Å². The number of fused-ring (bicyclic) bond motifs is 1. The van der Waals surface area contributed by atoms with E-state index in [2.05, 4.69) is 11.6 Å². The summed E-state index contributed by atoms with van der Waals surface area (Å²) in [5.41, 5.74) is 0.901. The van der Waals surface area contributed by atoms with Gasteiger partial charge in [-0.25, -0.2) is 0 Å². The van der Waals surface area contributed by atoms with Crippen LogP contribution < -0.4 is 0 Å². The molecule has 0 aliphatic rings. The van der Waals surface area contributed by atoms with Gasteiger partial charge in [0.15, 0.2) is 0 Å². The monoisotopic (exact) mass is 209 g/mol. The average Bonchev–Trinajstić information content (AvgIpc) is 2.59. The second-order valence-electron chi connectivity index (χ2n) is 2.41. The van der Waals surface area contributed by atoms with Crippen molar-refractivity contribution in [1.29, 1.82) is 0 Å². The first-order chi connectivity index (χ1) is 6.31. The predicted octanol–water partition coefficient (Wildman–Crippen LogP) is 2.55. The van der Waals surface area contributed by atoms with Crippen LogP contribution in [0.3, 0.4) is 0 Å². The van der Waals surface area contributed by atoms with Crippen molar-refractivity contribution in [3.63, 3.8) is 0 Å². The van der Waals surface area contributed by atoms with Gasteiger partial charge in [-0.2, -0.15) is 4.98 Å². The van der Waals surface area contributed by atoms with Crippen molar-refractivity contribution in [2.24, 2.45) is 0 Å². The summed E-state index contributed by atoms with van der Waals surface area (Å²) in [6, 6.07) is 7.75. The van der Waals surface area contributed by atoms with Crippen LogP contribution in [0, 0.1) is 0 Å². The molecule has 1 atom stereocenters. The standard InChI is InChI=1S/C9H7NOS2/c1-2-13(11)9-10-7-5-3-4-6-8(7)12-9/h2-6H,1H2. The molecule has 0 fully saturated rings. The van der Waals surface area contributed by atoms with Gasteiger partial charge in [0.05, 0.1) is 10.2 Å². The maximum absolute atomic E-state index is 11.3. The Bertz CT molecular complexity index is 405. The molecular weight excluding hydrogens is 202 g/mol. The van der Waals surface area contributed by atoms with Gasteiger partial charge in [0, 0.05) is 11.2 Å². The van der Waals surface area contributed by atoms with Crippen molar-refractivity contribution in [1.82, 2.24) is 4.98 Å². The number of aromatic nitrogens is 1. The van der Waals surface area contributed by atoms with Crippen LogP contribution in [0.15, 0.2) is 40.6 Å². The minimum Gasteiger partial charge on any atom is -0.605 e. The Morgan fingerprint density at radius 3 is 2.92 bits per heavy atom. The van der Waals surface area contributed by atoms with Gasteiger partial charge >= 0.3 is 4.34 Å². The zero-order valence-corrected chi connectivity index (χ0v) is 8.40. The quantitative estimate of drug-likeness (QED) is 0.713. The van der Waals surface area contributed by atoms with Gasteiger partial charge in [-0.1, -0.05) is 30.0 Å². The van der Waals surface area contributed by atoms with Crippen molar-refractivity contribution >= 4 is 32.7 Å². The minimum absolute atomic E-state index is 0.621. The molecular formula is C9H7NOS2. The molecule has 66 valence electrons. The van der Waals surface area contributed by atoms with Crippen LogP contribution in [0.2, 0.25) is 0 Å². The molecule has 0 aliphatic carbocycles. The first kappa shape index (κ1) is 8.74. The molecule has 0 saturated heterocycles. The highest BCUT2D eigenvalue weighted by molar-refractivity contribution is 7.96. The summed E-state index contributed by atoms with van der Waals surface area (Å²) in [6.45, 7) is 3.47. The molecule has 0 radical (unpaired) electrons. The van der Waals surface area contributed by atoms with E-state index < -0.39 is 11.2 Å². The van der Waals surface area contributed by atoms with E-state index in [9.17, 15) is 4.55 Å². The van der Waals surface area contributed by atoms with Crippen molar-refractivity contribution in [3.8, 4) is 0 Å². The molecule has 4 heteroatoms. The lowest BCUT2D eigenvalue weighted by Crippen LogP contribution is -1.93. The predicted molar refractivity (Wildman–Crippen MR) is 56.2 cm³/mol. The van der Waals surface area contributed by atoms with Gasteiger partial charge in [-0.15, -0.1) is 0 Å². The van der Waals surface area contributed by atoms with Crippen molar-refractivity contribution < 1.29 is 4.55 Å². The summed E-state index contributed by atoms with van der Waals surface area (Å²) in [5, 5.41) is 1.40. The van der Waals surface area contributed by atoms with E-state index in [0.717, 1.165) is 10.2 Å². The maximum atomic E-state index is 11.3. The SMILES string of the molecule is C=C[S+]([O-])c1nc2ccccc2s1. The fourth-order valence-corrected chi connectivity index (χ4v) is 2.84. The first-order valence-electron chi connectivity index (χ1n) is 3.70. The van der Waals surface area contributed by atoms with Crippen molar-refractivity contribution in [2.75, 3.05) is 0 Å². The number of hydrogen-bond donors (Lipinski definition) is 0. The summed E-state index contributed by atoms with van der Waals surface area (Å²) in [7, 11) is 0. The smallest absolute Gasteiger partial charge is 0.307 e. The molecule has 0 N–H and O–H groups in total. The zero-order valence-electron chi connectivity index (χ0n) is 6.77. The normalized spacial score (nSPS) is 13.0. The Hall–Kier alpha value is -0.840. The van der Waals surface area contributed by atoms with E-state index in [0.29, 0.717) is 4.34 Å². The summed E-state index contributed by atoms with van der Waals surface area (Å²) in [6.07, 6.45) is 0. The Morgan fingerprint density at radius 2 is 2.23 bits per heavy atom. The highest BCUT2D eigenvalue weighted by atomic mass is 32.2. The lowest BCUT2D eigenvalue weighted by molar-refractivity contribution is 0.603. The largest absolute Gasteiger partial charge is 0.605 e. The van der Waals surface area contributed by atoms with Crippen molar-refractivity contribution in [3.05, 3.63) is 36.3 Å². The number of rotatable bonds is 2. The fraction of sp³-hybridized carbons (Fsp3) is 0. The van der Waals surface area contributed by atoms with Gasteiger partial charge in [-0.05, 0) is 12.1 Å². The number of nitrogens with zero attached hydrogens (tertiary/aromatic N) is 1. The van der Waals surface area contributed by atoms with E-state index in [1.54, 1.807) is 0 Å². The highest BCUT2D eigenvalue weighted by Crippen LogP contribution is 2.25. The van der Waals surface area contributed by atoms with E-state index >= 15 is 0 Å². The molecule has 1 aromatic heterocycles. The van der Waals surface area contributed by atoms with Crippen LogP contribution in [-0.2, 0) is 11.2 Å². The zero-order chi connectivity index (χ0) is 9.26. The molecule has 0 spiro atoms. The third-order valence-corrected chi connectivity index (χ3v) is 3.91. The Morgan fingerprint density at radius 1 is 1.46 bits per heavy atom. The molecule has 0 bridgehead atoms. The first-order valence-corrected chi connectivity index (χ1v) is 5.73. The number of benzene rings is 1. The summed E-state index contributed by atoms with van der Waals surface area (Å²) >= 11 is 0.296. The molecule has 0 saturated carbocycles. The Kier molecular flexibility index (Phi) is 2.35. The topological polar surface area (TPSA) is 36.0 Å². The van der Waals surface area contributed by atoms with E-state index in [1.165, 1.54) is 16.7 Å². The number of hydrogen-bond acceptors (Lipinski definition) is 3. The molecule has 1 unspecified atom stereocenters. The molecule has 1 heterocycles. The van der Waals surface area contributed by atoms with Crippen LogP contribution >= 0.6 is 11.3 Å². The molecule has 0 aliphatic heterocycles. The lowest BCUT2D eigenvalue weighted by atomic mass is 10.3. The van der Waals surface area contributed by atoms with E-state index in [1.807, 2.05) is 24.3 Å². The fourth-order valence-electron chi connectivity index (χ4n) is 1.01. The molecule has 13 heavy (non-hydrogen) atoms. The molecule has 0 amide bonds. The van der Waals surface area contributed by atoms with Gasteiger partial charge in [-0.3, -0.25) is 0 Å². The molecule has 1 aromatic carbocycles. The second-order valence-corrected chi connectivity index (χ2v) is 5.02. The summed E-state index contributed by atoms with van der Waals surface area (Å²) < 4.78 is 13.0. The van der Waals surface area contributed by atoms with E-state index in [4.69, 9.17) is 0 Å². The van der Waals surface area contributed by atoms with Gasteiger partial charge in [0.2, 0.25) is 0 Å². The summed E-state index contributed by atoms with van der Waals surface area (Å²) in [5.74, 6) is 0. The number of para-hydroxylation sites is 1. The average molecular weight is 209 g/mol. The van der Waals surface area contributed by atoms with Crippen LogP contribution in [0.1, 0.15) is 0 Å². The second kappa shape index (κ2) is 3.49. The van der Waals surface area contributed by atoms with Crippen LogP contribution in [0.5, 0.6) is 0 Å². The summed E-state index contributed by atoms with van der Waals surface area (Å²) in [4.78, 5) is 4.23. The lowest BCUT2D eigenvalue weighted by Gasteiger charge is -1.96. The Labute approximate surface area is 83.1 Å².